The Hall–Kier alpha value is -2.06. The standard InChI is InChI=1S/C11H8F5NO3/c12-10(13,11(14,15)16)9(18)17-4-6-2-1-3-7-8(6)20-5-19-7/h1-3H,4-5H2,(H,17,18). The van der Waals surface area contributed by atoms with Gasteiger partial charge in [-0.15, -0.1) is 0 Å². The third kappa shape index (κ3) is 2.47. The molecular weight excluding hydrogens is 289 g/mol. The van der Waals surface area contributed by atoms with E-state index in [4.69, 9.17) is 9.47 Å². The number of hydrogen-bond donors (Lipinski definition) is 1. The van der Waals surface area contributed by atoms with E-state index >= 15 is 0 Å². The van der Waals surface area contributed by atoms with E-state index in [1.165, 1.54) is 23.5 Å². The van der Waals surface area contributed by atoms with Crippen LogP contribution >= 0.6 is 0 Å². The molecule has 1 aliphatic heterocycles. The quantitative estimate of drug-likeness (QED) is 0.870. The Bertz CT molecular complexity index is 529. The molecule has 1 aromatic carbocycles. The van der Waals surface area contributed by atoms with Crippen molar-refractivity contribution in [2.24, 2.45) is 0 Å². The summed E-state index contributed by atoms with van der Waals surface area (Å²) < 4.78 is 71.4. The molecule has 0 unspecified atom stereocenters. The Kier molecular flexibility index (Phi) is 3.45. The first-order valence-corrected chi connectivity index (χ1v) is 5.34. The smallest absolute Gasteiger partial charge is 0.454 e. The summed E-state index contributed by atoms with van der Waals surface area (Å²) in [7, 11) is 0. The molecule has 1 heterocycles. The number of ether oxygens (including phenoxy) is 2. The zero-order valence-electron chi connectivity index (χ0n) is 9.76. The number of nitrogens with one attached hydrogen (secondary N) is 1. The summed E-state index contributed by atoms with van der Waals surface area (Å²) in [6, 6.07) is 4.45. The van der Waals surface area contributed by atoms with Gasteiger partial charge >= 0.3 is 18.0 Å². The lowest BCUT2D eigenvalue weighted by molar-refractivity contribution is -0.269. The molecule has 1 aliphatic rings. The zero-order valence-corrected chi connectivity index (χ0v) is 9.76. The molecule has 9 heteroatoms. The van der Waals surface area contributed by atoms with Crippen LogP contribution in [-0.2, 0) is 11.3 Å². The summed E-state index contributed by atoms with van der Waals surface area (Å²) in [5.41, 5.74) is 0.242. The summed E-state index contributed by atoms with van der Waals surface area (Å²) in [5.74, 6) is -7.31. The van der Waals surface area contributed by atoms with Crippen LogP contribution in [0.5, 0.6) is 11.5 Å². The predicted molar refractivity (Wildman–Crippen MR) is 55.4 cm³/mol. The fourth-order valence-corrected chi connectivity index (χ4v) is 1.55. The van der Waals surface area contributed by atoms with Crippen LogP contribution in [0.4, 0.5) is 22.0 Å². The van der Waals surface area contributed by atoms with E-state index in [0.717, 1.165) is 0 Å². The highest BCUT2D eigenvalue weighted by Crippen LogP contribution is 2.37. The lowest BCUT2D eigenvalue weighted by atomic mass is 10.2. The summed E-state index contributed by atoms with van der Waals surface area (Å²) in [6.45, 7) is -0.615. The Labute approximate surface area is 109 Å². The highest BCUT2D eigenvalue weighted by atomic mass is 19.4. The molecule has 0 aromatic heterocycles. The van der Waals surface area contributed by atoms with E-state index in [1.807, 2.05) is 0 Å². The molecule has 4 nitrogen and oxygen atoms in total. The molecule has 0 radical (unpaired) electrons. The Morgan fingerprint density at radius 3 is 2.55 bits per heavy atom. The van der Waals surface area contributed by atoms with Crippen molar-refractivity contribution in [3.05, 3.63) is 23.8 Å². The highest BCUT2D eigenvalue weighted by molar-refractivity contribution is 5.84. The lowest BCUT2D eigenvalue weighted by Gasteiger charge is -2.18. The largest absolute Gasteiger partial charge is 0.463 e. The number of benzene rings is 1. The summed E-state index contributed by atoms with van der Waals surface area (Å²) >= 11 is 0. The van der Waals surface area contributed by atoms with Gasteiger partial charge in [-0.3, -0.25) is 4.79 Å². The van der Waals surface area contributed by atoms with Gasteiger partial charge < -0.3 is 14.8 Å². The Morgan fingerprint density at radius 1 is 1.20 bits per heavy atom. The lowest BCUT2D eigenvalue weighted by Crippen LogP contribution is -2.50. The van der Waals surface area contributed by atoms with Crippen molar-refractivity contribution < 1.29 is 36.2 Å². The highest BCUT2D eigenvalue weighted by Gasteiger charge is 2.63. The SMILES string of the molecule is O=C(NCc1cccc2c1OCO2)C(F)(F)C(F)(F)F. The maximum Gasteiger partial charge on any atom is 0.463 e. The van der Waals surface area contributed by atoms with E-state index in [-0.39, 0.29) is 18.1 Å². The minimum Gasteiger partial charge on any atom is -0.454 e. The van der Waals surface area contributed by atoms with Gasteiger partial charge in [0, 0.05) is 12.1 Å². The number of amides is 1. The molecule has 0 saturated carbocycles. The first-order valence-electron chi connectivity index (χ1n) is 5.34. The Morgan fingerprint density at radius 2 is 1.90 bits per heavy atom. The molecule has 2 rings (SSSR count). The normalized spacial score (nSPS) is 14.2. The van der Waals surface area contributed by atoms with Crippen molar-refractivity contribution in [3.63, 3.8) is 0 Å². The van der Waals surface area contributed by atoms with E-state index in [1.54, 1.807) is 0 Å². The van der Waals surface area contributed by atoms with Crippen molar-refractivity contribution in [1.82, 2.24) is 5.32 Å². The second kappa shape index (κ2) is 4.80. The van der Waals surface area contributed by atoms with Crippen LogP contribution in [0.2, 0.25) is 0 Å². The number of hydrogen-bond acceptors (Lipinski definition) is 3. The van der Waals surface area contributed by atoms with Crippen LogP contribution in [0.1, 0.15) is 5.56 Å². The fourth-order valence-electron chi connectivity index (χ4n) is 1.55. The van der Waals surface area contributed by atoms with E-state index < -0.39 is 24.6 Å². The van der Waals surface area contributed by atoms with E-state index in [2.05, 4.69) is 0 Å². The number of rotatable bonds is 3. The molecule has 0 saturated heterocycles. The number of carbonyl (C=O) groups is 1. The minimum absolute atomic E-state index is 0.0843. The topological polar surface area (TPSA) is 47.6 Å². The van der Waals surface area contributed by atoms with Crippen molar-refractivity contribution in [3.8, 4) is 11.5 Å². The molecule has 0 atom stereocenters. The monoisotopic (exact) mass is 297 g/mol. The van der Waals surface area contributed by atoms with E-state index in [0.29, 0.717) is 5.75 Å². The van der Waals surface area contributed by atoms with Gasteiger partial charge in [0.15, 0.2) is 11.5 Å². The second-order valence-corrected chi connectivity index (χ2v) is 3.91. The van der Waals surface area contributed by atoms with Gasteiger partial charge in [-0.05, 0) is 6.07 Å². The van der Waals surface area contributed by atoms with Gasteiger partial charge in [0.2, 0.25) is 6.79 Å². The van der Waals surface area contributed by atoms with Crippen LogP contribution < -0.4 is 14.8 Å². The first-order chi connectivity index (χ1) is 9.23. The van der Waals surface area contributed by atoms with Crippen LogP contribution in [0.3, 0.4) is 0 Å². The van der Waals surface area contributed by atoms with Crippen LogP contribution in [0.25, 0.3) is 0 Å². The summed E-state index contributed by atoms with van der Waals surface area (Å²) in [5, 5.41) is 1.53. The molecule has 110 valence electrons. The third-order valence-electron chi connectivity index (χ3n) is 2.56. The van der Waals surface area contributed by atoms with Crippen LogP contribution in [-0.4, -0.2) is 24.8 Å². The summed E-state index contributed by atoms with van der Waals surface area (Å²) in [6.07, 6.45) is -5.94. The maximum absolute atomic E-state index is 12.7. The van der Waals surface area contributed by atoms with Crippen molar-refractivity contribution >= 4 is 5.91 Å². The van der Waals surface area contributed by atoms with Crippen molar-refractivity contribution in [2.45, 2.75) is 18.6 Å². The number of alkyl halides is 5. The van der Waals surface area contributed by atoms with E-state index in [9.17, 15) is 26.7 Å². The zero-order chi connectivity index (χ0) is 15.0. The molecule has 0 fully saturated rings. The van der Waals surface area contributed by atoms with Crippen LogP contribution in [0.15, 0.2) is 18.2 Å². The molecular formula is C11H8F5NO3. The van der Waals surface area contributed by atoms with Gasteiger partial charge in [0.25, 0.3) is 0 Å². The summed E-state index contributed by atoms with van der Waals surface area (Å²) in [4.78, 5) is 10.9. The third-order valence-corrected chi connectivity index (χ3v) is 2.56. The minimum atomic E-state index is -5.94. The number of fused-ring (bicyclic) bond motifs is 1. The molecule has 0 aliphatic carbocycles. The molecule has 1 aromatic rings. The predicted octanol–water partition coefficient (Wildman–Crippen LogP) is 2.23. The second-order valence-electron chi connectivity index (χ2n) is 3.91. The van der Waals surface area contributed by atoms with Crippen molar-refractivity contribution in [2.75, 3.05) is 6.79 Å². The van der Waals surface area contributed by atoms with Gasteiger partial charge in [-0.25, -0.2) is 0 Å². The molecule has 1 N–H and O–H groups in total. The van der Waals surface area contributed by atoms with Gasteiger partial charge in [0.05, 0.1) is 0 Å². The average molecular weight is 297 g/mol. The van der Waals surface area contributed by atoms with Gasteiger partial charge in [0.1, 0.15) is 0 Å². The fraction of sp³-hybridized carbons (Fsp3) is 0.364. The average Bonchev–Trinajstić information content (AvgIpc) is 2.83. The van der Waals surface area contributed by atoms with Crippen molar-refractivity contribution in [1.29, 1.82) is 0 Å². The molecule has 0 spiro atoms. The first kappa shape index (κ1) is 14.4. The van der Waals surface area contributed by atoms with Crippen LogP contribution in [0, 0.1) is 0 Å². The van der Waals surface area contributed by atoms with Gasteiger partial charge in [-0.2, -0.15) is 22.0 Å². The Balaban J connectivity index is 2.07. The number of carbonyl (C=O) groups excluding carboxylic acids is 1. The number of halogens is 5. The molecule has 20 heavy (non-hydrogen) atoms. The molecule has 0 bridgehead atoms. The number of para-hydroxylation sites is 1. The van der Waals surface area contributed by atoms with Gasteiger partial charge in [-0.1, -0.05) is 12.1 Å². The maximum atomic E-state index is 12.7. The molecule has 1 amide bonds.